The average Bonchev–Trinajstić information content (AvgIpc) is 2.60. The first-order chi connectivity index (χ1) is 11.8. The van der Waals surface area contributed by atoms with Gasteiger partial charge >= 0.3 is 5.97 Å². The van der Waals surface area contributed by atoms with Gasteiger partial charge in [0, 0.05) is 26.6 Å². The smallest absolute Gasteiger partial charge is 0.310 e. The average molecular weight is 368 g/mol. The van der Waals surface area contributed by atoms with Crippen molar-refractivity contribution >= 4 is 21.9 Å². The van der Waals surface area contributed by atoms with Crippen LogP contribution < -0.4 is 5.32 Å². The maximum Gasteiger partial charge on any atom is 0.310 e. The third kappa shape index (κ3) is 5.02. The van der Waals surface area contributed by atoms with Gasteiger partial charge in [0.2, 0.25) is 15.9 Å². The van der Waals surface area contributed by atoms with E-state index in [9.17, 15) is 18.0 Å². The summed E-state index contributed by atoms with van der Waals surface area (Å²) in [5.41, 5.74) is 0.817. The van der Waals surface area contributed by atoms with E-state index < -0.39 is 15.9 Å². The minimum absolute atomic E-state index is 0.143. The molecule has 0 radical (unpaired) electrons. The molecule has 1 aromatic carbocycles. The molecule has 1 aliphatic heterocycles. The Kier molecular flexibility index (Phi) is 6.55. The number of carbonyl (C=O) groups is 2. The number of carbonyl (C=O) groups excluding carboxylic acids is 2. The summed E-state index contributed by atoms with van der Waals surface area (Å²) in [5, 5.41) is 2.66. The fourth-order valence-electron chi connectivity index (χ4n) is 2.77. The van der Waals surface area contributed by atoms with Crippen molar-refractivity contribution in [3.05, 3.63) is 29.8 Å². The maximum atomic E-state index is 12.8. The fourth-order valence-corrected chi connectivity index (χ4v) is 4.29. The zero-order chi connectivity index (χ0) is 18.4. The van der Waals surface area contributed by atoms with Crippen molar-refractivity contribution in [2.45, 2.75) is 38.1 Å². The molecule has 8 heteroatoms. The number of nitrogens with one attached hydrogen (secondary N) is 1. The van der Waals surface area contributed by atoms with Crippen molar-refractivity contribution < 1.29 is 22.7 Å². The zero-order valence-electron chi connectivity index (χ0n) is 14.5. The second kappa shape index (κ2) is 8.44. The molecule has 1 aromatic rings. The van der Waals surface area contributed by atoms with Crippen molar-refractivity contribution in [1.29, 1.82) is 0 Å². The molecule has 1 fully saturated rings. The van der Waals surface area contributed by atoms with E-state index in [2.05, 4.69) is 5.32 Å². The summed E-state index contributed by atoms with van der Waals surface area (Å²) >= 11 is 0. The quantitative estimate of drug-likeness (QED) is 0.764. The van der Waals surface area contributed by atoms with Crippen LogP contribution in [-0.4, -0.2) is 44.3 Å². The summed E-state index contributed by atoms with van der Waals surface area (Å²) < 4.78 is 32.0. The van der Waals surface area contributed by atoms with Crippen molar-refractivity contribution in [2.24, 2.45) is 5.92 Å². The molecule has 0 spiro atoms. The molecule has 0 bridgehead atoms. The molecule has 1 atom stereocenters. The van der Waals surface area contributed by atoms with E-state index in [1.54, 1.807) is 19.1 Å². The molecule has 25 heavy (non-hydrogen) atoms. The topological polar surface area (TPSA) is 92.8 Å². The van der Waals surface area contributed by atoms with E-state index in [1.165, 1.54) is 23.4 Å². The molecule has 1 N–H and O–H groups in total. The molecule has 1 aliphatic rings. The highest BCUT2D eigenvalue weighted by atomic mass is 32.2. The van der Waals surface area contributed by atoms with Gasteiger partial charge in [-0.2, -0.15) is 4.31 Å². The second-order valence-corrected chi connectivity index (χ2v) is 7.95. The van der Waals surface area contributed by atoms with Gasteiger partial charge < -0.3 is 10.1 Å². The summed E-state index contributed by atoms with van der Waals surface area (Å²) in [5.74, 6) is -0.898. The lowest BCUT2D eigenvalue weighted by Gasteiger charge is -2.30. The van der Waals surface area contributed by atoms with Crippen molar-refractivity contribution in [3.63, 3.8) is 0 Å². The van der Waals surface area contributed by atoms with Gasteiger partial charge in [-0.05, 0) is 37.5 Å². The lowest BCUT2D eigenvalue weighted by Crippen LogP contribution is -2.42. The summed E-state index contributed by atoms with van der Waals surface area (Å²) in [6.07, 6.45) is 1.27. The summed E-state index contributed by atoms with van der Waals surface area (Å²) in [6, 6.07) is 6.41. The minimum Gasteiger partial charge on any atom is -0.466 e. The Balaban J connectivity index is 2.09. The maximum absolute atomic E-state index is 12.8. The third-order valence-electron chi connectivity index (χ3n) is 4.11. The summed E-state index contributed by atoms with van der Waals surface area (Å²) in [6.45, 7) is 4.34. The predicted octanol–water partition coefficient (Wildman–Crippen LogP) is 1.29. The molecule has 2 rings (SSSR count). The van der Waals surface area contributed by atoms with E-state index in [4.69, 9.17) is 4.74 Å². The van der Waals surface area contributed by atoms with Crippen molar-refractivity contribution in [2.75, 3.05) is 19.7 Å². The summed E-state index contributed by atoms with van der Waals surface area (Å²) in [4.78, 5) is 23.0. The lowest BCUT2D eigenvalue weighted by atomic mass is 10.0. The zero-order valence-corrected chi connectivity index (χ0v) is 15.3. The van der Waals surface area contributed by atoms with E-state index in [0.717, 1.165) is 5.56 Å². The molecule has 1 saturated heterocycles. The Labute approximate surface area is 148 Å². The Morgan fingerprint density at radius 1 is 1.28 bits per heavy atom. The molecule has 0 aromatic heterocycles. The summed E-state index contributed by atoms with van der Waals surface area (Å²) in [7, 11) is -3.65. The van der Waals surface area contributed by atoms with Crippen LogP contribution in [-0.2, 0) is 30.9 Å². The van der Waals surface area contributed by atoms with Crippen LogP contribution in [0, 0.1) is 5.92 Å². The van der Waals surface area contributed by atoms with Crippen molar-refractivity contribution in [1.82, 2.24) is 9.62 Å². The highest BCUT2D eigenvalue weighted by molar-refractivity contribution is 7.89. The number of amides is 1. The van der Waals surface area contributed by atoms with Crippen LogP contribution in [0.3, 0.4) is 0 Å². The predicted molar refractivity (Wildman–Crippen MR) is 92.1 cm³/mol. The standard InChI is InChI=1S/C17H24N2O5S/c1-3-24-17(21)15-5-4-10-19(12-15)25(22,23)16-8-6-14(7-9-16)11-18-13(2)20/h6-9,15H,3-5,10-12H2,1-2H3,(H,18,20). The number of hydrogen-bond donors (Lipinski definition) is 1. The number of piperidine rings is 1. The number of hydrogen-bond acceptors (Lipinski definition) is 5. The first kappa shape index (κ1) is 19.4. The van der Waals surface area contributed by atoms with E-state index in [1.807, 2.05) is 0 Å². The number of benzene rings is 1. The van der Waals surface area contributed by atoms with Crippen LogP contribution in [0.5, 0.6) is 0 Å². The van der Waals surface area contributed by atoms with Gasteiger partial charge in [-0.1, -0.05) is 12.1 Å². The largest absolute Gasteiger partial charge is 0.466 e. The van der Waals surface area contributed by atoms with Gasteiger partial charge in [-0.15, -0.1) is 0 Å². The van der Waals surface area contributed by atoms with E-state index in [-0.39, 0.29) is 29.9 Å². The molecule has 138 valence electrons. The first-order valence-corrected chi connectivity index (χ1v) is 9.78. The number of rotatable bonds is 6. The lowest BCUT2D eigenvalue weighted by molar-refractivity contribution is -0.149. The normalized spacial score (nSPS) is 18.6. The van der Waals surface area contributed by atoms with Crippen LogP contribution in [0.15, 0.2) is 29.2 Å². The van der Waals surface area contributed by atoms with Gasteiger partial charge in [0.1, 0.15) is 0 Å². The molecular formula is C17H24N2O5S. The van der Waals surface area contributed by atoms with Gasteiger partial charge in [0.15, 0.2) is 0 Å². The number of ether oxygens (including phenoxy) is 1. The number of sulfonamides is 1. The molecule has 0 saturated carbocycles. The van der Waals surface area contributed by atoms with Crippen LogP contribution in [0.1, 0.15) is 32.3 Å². The number of esters is 1. The molecule has 1 amide bonds. The minimum atomic E-state index is -3.65. The van der Waals surface area contributed by atoms with Crippen LogP contribution >= 0.6 is 0 Å². The fraction of sp³-hybridized carbons (Fsp3) is 0.529. The van der Waals surface area contributed by atoms with Crippen LogP contribution in [0.2, 0.25) is 0 Å². The van der Waals surface area contributed by atoms with Gasteiger partial charge in [0.05, 0.1) is 17.4 Å². The van der Waals surface area contributed by atoms with Gasteiger partial charge in [-0.3, -0.25) is 9.59 Å². The van der Waals surface area contributed by atoms with Crippen LogP contribution in [0.25, 0.3) is 0 Å². The van der Waals surface area contributed by atoms with Gasteiger partial charge in [-0.25, -0.2) is 8.42 Å². The highest BCUT2D eigenvalue weighted by Crippen LogP contribution is 2.24. The Morgan fingerprint density at radius 3 is 2.56 bits per heavy atom. The van der Waals surface area contributed by atoms with Crippen LogP contribution in [0.4, 0.5) is 0 Å². The van der Waals surface area contributed by atoms with Crippen molar-refractivity contribution in [3.8, 4) is 0 Å². The Bertz CT molecular complexity index is 715. The highest BCUT2D eigenvalue weighted by Gasteiger charge is 2.33. The number of nitrogens with zero attached hydrogens (tertiary/aromatic N) is 1. The van der Waals surface area contributed by atoms with E-state index in [0.29, 0.717) is 25.9 Å². The molecular weight excluding hydrogens is 344 g/mol. The monoisotopic (exact) mass is 368 g/mol. The van der Waals surface area contributed by atoms with Gasteiger partial charge in [0.25, 0.3) is 0 Å². The third-order valence-corrected chi connectivity index (χ3v) is 5.99. The Morgan fingerprint density at radius 2 is 1.96 bits per heavy atom. The molecule has 7 nitrogen and oxygen atoms in total. The molecule has 0 aliphatic carbocycles. The second-order valence-electron chi connectivity index (χ2n) is 6.01. The Hall–Kier alpha value is -1.93. The first-order valence-electron chi connectivity index (χ1n) is 8.34. The SMILES string of the molecule is CCOC(=O)C1CCCN(S(=O)(=O)c2ccc(CNC(C)=O)cc2)C1. The molecule has 1 heterocycles. The van der Waals surface area contributed by atoms with E-state index >= 15 is 0 Å². The molecule has 1 unspecified atom stereocenters.